The summed E-state index contributed by atoms with van der Waals surface area (Å²) >= 11 is 0. The van der Waals surface area contributed by atoms with E-state index in [0.29, 0.717) is 11.3 Å². The second-order valence-electron chi connectivity index (χ2n) is 6.21. The number of rotatable bonds is 3. The Bertz CT molecular complexity index is 617. The number of carboxylic acid groups (broad SMARTS) is 1. The third kappa shape index (κ3) is 3.21. The summed E-state index contributed by atoms with van der Waals surface area (Å²) < 4.78 is 0. The van der Waals surface area contributed by atoms with Crippen LogP contribution in [-0.4, -0.2) is 28.9 Å². The number of amides is 2. The van der Waals surface area contributed by atoms with Crippen molar-refractivity contribution in [3.8, 4) is 0 Å². The van der Waals surface area contributed by atoms with Crippen molar-refractivity contribution in [1.82, 2.24) is 5.32 Å². The summed E-state index contributed by atoms with van der Waals surface area (Å²) in [5, 5.41) is 14.4. The van der Waals surface area contributed by atoms with Crippen LogP contribution in [0.3, 0.4) is 0 Å². The lowest BCUT2D eigenvalue weighted by atomic mass is 9.86. The lowest BCUT2D eigenvalue weighted by Crippen LogP contribution is -2.49. The van der Waals surface area contributed by atoms with Crippen LogP contribution >= 0.6 is 0 Å². The normalized spacial score (nSPS) is 15.1. The molecule has 0 spiro atoms. The summed E-state index contributed by atoms with van der Waals surface area (Å²) in [5.74, 6) is -1.64. The summed E-state index contributed by atoms with van der Waals surface area (Å²) in [6, 6.07) is 3.85. The lowest BCUT2D eigenvalue weighted by Gasteiger charge is -2.27. The fourth-order valence-corrected chi connectivity index (χ4v) is 2.23. The van der Waals surface area contributed by atoms with Crippen LogP contribution < -0.4 is 10.6 Å². The zero-order chi connectivity index (χ0) is 15.8. The molecular formula is C15H18N2O4. The fourth-order valence-electron chi connectivity index (χ4n) is 2.23. The van der Waals surface area contributed by atoms with E-state index in [9.17, 15) is 19.5 Å². The van der Waals surface area contributed by atoms with Crippen LogP contribution in [-0.2, 0) is 16.0 Å². The number of fused-ring (bicyclic) bond motifs is 1. The van der Waals surface area contributed by atoms with Crippen LogP contribution in [0.4, 0.5) is 5.69 Å². The minimum absolute atomic E-state index is 0.110. The summed E-state index contributed by atoms with van der Waals surface area (Å²) in [7, 11) is 0. The highest BCUT2D eigenvalue weighted by Gasteiger charge is 2.33. The minimum atomic E-state index is -1.08. The number of benzene rings is 1. The van der Waals surface area contributed by atoms with Crippen LogP contribution in [0.15, 0.2) is 18.2 Å². The smallest absolute Gasteiger partial charge is 0.326 e. The molecule has 0 saturated carbocycles. The van der Waals surface area contributed by atoms with E-state index in [4.69, 9.17) is 0 Å². The largest absolute Gasteiger partial charge is 0.480 e. The highest BCUT2D eigenvalue weighted by molar-refractivity contribution is 6.02. The zero-order valence-electron chi connectivity index (χ0n) is 12.2. The summed E-state index contributed by atoms with van der Waals surface area (Å²) in [6.07, 6.45) is 0.234. The molecule has 0 bridgehead atoms. The molecule has 0 saturated heterocycles. The Balaban J connectivity index is 2.19. The first-order valence-electron chi connectivity index (χ1n) is 6.65. The van der Waals surface area contributed by atoms with Crippen molar-refractivity contribution in [1.29, 1.82) is 0 Å². The van der Waals surface area contributed by atoms with E-state index >= 15 is 0 Å². The molecule has 0 unspecified atom stereocenters. The van der Waals surface area contributed by atoms with E-state index < -0.39 is 23.3 Å². The molecule has 2 rings (SSSR count). The molecule has 2 amide bonds. The van der Waals surface area contributed by atoms with E-state index in [-0.39, 0.29) is 12.3 Å². The lowest BCUT2D eigenvalue weighted by molar-refractivity contribution is -0.142. The van der Waals surface area contributed by atoms with Gasteiger partial charge < -0.3 is 15.7 Å². The molecule has 1 aliphatic heterocycles. The molecule has 0 fully saturated rings. The standard InChI is InChI=1S/C15H18N2O4/c1-15(2,3)12(14(20)21)17-13(19)8-4-5-10-9(6-8)7-11(18)16-10/h4-6,12H,7H2,1-3H3,(H,16,18)(H,17,19)(H,20,21)/t12-/m0/s1. The number of hydrogen-bond donors (Lipinski definition) is 3. The Hall–Kier alpha value is -2.37. The maximum atomic E-state index is 12.2. The van der Waals surface area contributed by atoms with Crippen molar-refractivity contribution in [2.24, 2.45) is 5.41 Å². The molecule has 6 heteroatoms. The number of anilines is 1. The van der Waals surface area contributed by atoms with Crippen LogP contribution in [0, 0.1) is 5.41 Å². The fraction of sp³-hybridized carbons (Fsp3) is 0.400. The van der Waals surface area contributed by atoms with E-state index in [1.165, 1.54) is 0 Å². The average Bonchev–Trinajstić information content (AvgIpc) is 2.72. The SMILES string of the molecule is CC(C)(C)[C@@H](NC(=O)c1ccc2c(c1)CC(=O)N2)C(=O)O. The first-order valence-corrected chi connectivity index (χ1v) is 6.65. The predicted molar refractivity (Wildman–Crippen MR) is 77.1 cm³/mol. The Morgan fingerprint density at radius 2 is 2.00 bits per heavy atom. The van der Waals surface area contributed by atoms with Gasteiger partial charge in [0.25, 0.3) is 5.91 Å². The number of aliphatic carboxylic acids is 1. The third-order valence-electron chi connectivity index (χ3n) is 3.38. The molecule has 1 aromatic carbocycles. The summed E-state index contributed by atoms with van der Waals surface area (Å²) in [5.41, 5.74) is 1.19. The molecule has 21 heavy (non-hydrogen) atoms. The second kappa shape index (κ2) is 5.20. The number of carbonyl (C=O) groups excluding carboxylic acids is 2. The monoisotopic (exact) mass is 290 g/mol. The van der Waals surface area contributed by atoms with Gasteiger partial charge in [0.05, 0.1) is 6.42 Å². The van der Waals surface area contributed by atoms with Crippen LogP contribution in [0.25, 0.3) is 0 Å². The Morgan fingerprint density at radius 3 is 2.57 bits per heavy atom. The molecule has 3 N–H and O–H groups in total. The van der Waals surface area contributed by atoms with E-state index in [0.717, 1.165) is 5.56 Å². The maximum Gasteiger partial charge on any atom is 0.326 e. The van der Waals surface area contributed by atoms with Gasteiger partial charge in [-0.15, -0.1) is 0 Å². The molecule has 1 atom stereocenters. The van der Waals surface area contributed by atoms with Gasteiger partial charge in [0.2, 0.25) is 5.91 Å². The van der Waals surface area contributed by atoms with Gasteiger partial charge in [0.15, 0.2) is 0 Å². The highest BCUT2D eigenvalue weighted by atomic mass is 16.4. The van der Waals surface area contributed by atoms with E-state index in [2.05, 4.69) is 10.6 Å². The van der Waals surface area contributed by atoms with Crippen molar-refractivity contribution >= 4 is 23.5 Å². The topological polar surface area (TPSA) is 95.5 Å². The van der Waals surface area contributed by atoms with Gasteiger partial charge in [0.1, 0.15) is 6.04 Å². The molecule has 1 aliphatic rings. The molecule has 0 aromatic heterocycles. The van der Waals surface area contributed by atoms with E-state index in [1.807, 2.05) is 0 Å². The van der Waals surface area contributed by atoms with Crippen LogP contribution in [0.5, 0.6) is 0 Å². The quantitative estimate of drug-likeness (QED) is 0.784. The predicted octanol–water partition coefficient (Wildman–Crippen LogP) is 1.41. The molecule has 1 heterocycles. The van der Waals surface area contributed by atoms with Gasteiger partial charge in [-0.1, -0.05) is 20.8 Å². The molecule has 112 valence electrons. The Kier molecular flexibility index (Phi) is 3.72. The number of hydrogen-bond acceptors (Lipinski definition) is 3. The van der Waals surface area contributed by atoms with Crippen molar-refractivity contribution in [2.45, 2.75) is 33.2 Å². The van der Waals surface area contributed by atoms with Crippen molar-refractivity contribution in [3.63, 3.8) is 0 Å². The molecule has 6 nitrogen and oxygen atoms in total. The molecule has 0 radical (unpaired) electrons. The highest BCUT2D eigenvalue weighted by Crippen LogP contribution is 2.24. The second-order valence-corrected chi connectivity index (χ2v) is 6.21. The number of carboxylic acids is 1. The minimum Gasteiger partial charge on any atom is -0.480 e. The number of nitrogens with one attached hydrogen (secondary N) is 2. The molecular weight excluding hydrogens is 272 g/mol. The van der Waals surface area contributed by atoms with Crippen molar-refractivity contribution < 1.29 is 19.5 Å². The van der Waals surface area contributed by atoms with Crippen molar-refractivity contribution in [2.75, 3.05) is 5.32 Å². The Labute approximate surface area is 122 Å². The zero-order valence-corrected chi connectivity index (χ0v) is 12.2. The van der Waals surface area contributed by atoms with Gasteiger partial charge >= 0.3 is 5.97 Å². The van der Waals surface area contributed by atoms with Gasteiger partial charge in [0, 0.05) is 11.3 Å². The third-order valence-corrected chi connectivity index (χ3v) is 3.38. The first kappa shape index (κ1) is 15.0. The summed E-state index contributed by atoms with van der Waals surface area (Å²) in [4.78, 5) is 34.8. The van der Waals surface area contributed by atoms with Crippen molar-refractivity contribution in [3.05, 3.63) is 29.3 Å². The van der Waals surface area contributed by atoms with Gasteiger partial charge in [-0.05, 0) is 29.2 Å². The summed E-state index contributed by atoms with van der Waals surface area (Å²) in [6.45, 7) is 5.24. The van der Waals surface area contributed by atoms with Crippen LogP contribution in [0.1, 0.15) is 36.7 Å². The van der Waals surface area contributed by atoms with Gasteiger partial charge in [-0.25, -0.2) is 4.79 Å². The average molecular weight is 290 g/mol. The Morgan fingerprint density at radius 1 is 1.33 bits per heavy atom. The first-order chi connectivity index (χ1) is 9.68. The number of carbonyl (C=O) groups is 3. The van der Waals surface area contributed by atoms with E-state index in [1.54, 1.807) is 39.0 Å². The maximum absolute atomic E-state index is 12.2. The molecule has 1 aromatic rings. The van der Waals surface area contributed by atoms with Gasteiger partial charge in [-0.3, -0.25) is 9.59 Å². The van der Waals surface area contributed by atoms with Gasteiger partial charge in [-0.2, -0.15) is 0 Å². The molecule has 0 aliphatic carbocycles. The van der Waals surface area contributed by atoms with Crippen LogP contribution in [0.2, 0.25) is 0 Å².